The lowest BCUT2D eigenvalue weighted by Crippen LogP contribution is -2.48. The molecule has 0 bridgehead atoms. The van der Waals surface area contributed by atoms with Crippen LogP contribution >= 0.6 is 23.5 Å². The quantitative estimate of drug-likeness (QED) is 0.259. The third-order valence-electron chi connectivity index (χ3n) is 6.18. The number of aliphatic imine (C=N–C) groups is 1. The van der Waals surface area contributed by atoms with Crippen molar-refractivity contribution in [3.05, 3.63) is 88.2 Å². The zero-order chi connectivity index (χ0) is 25.5. The Bertz CT molecular complexity index is 1230. The van der Waals surface area contributed by atoms with E-state index in [2.05, 4.69) is 33.7 Å². The largest absolute Gasteiger partial charge is 0.336 e. The van der Waals surface area contributed by atoms with E-state index in [0.29, 0.717) is 25.2 Å². The first-order valence-electron chi connectivity index (χ1n) is 12.1. The van der Waals surface area contributed by atoms with Gasteiger partial charge in [0.15, 0.2) is 0 Å². The van der Waals surface area contributed by atoms with Gasteiger partial charge < -0.3 is 9.62 Å². The summed E-state index contributed by atoms with van der Waals surface area (Å²) in [4.78, 5) is 22.7. The molecule has 0 atom stereocenters. The molecule has 0 spiro atoms. The van der Waals surface area contributed by atoms with Crippen molar-refractivity contribution < 1.29 is 9.18 Å². The molecule has 0 radical (unpaired) electrons. The van der Waals surface area contributed by atoms with Crippen LogP contribution in [0.2, 0.25) is 5.02 Å². The van der Waals surface area contributed by atoms with Gasteiger partial charge in [-0.1, -0.05) is 36.7 Å². The lowest BCUT2D eigenvalue weighted by atomic mass is 10.1. The molecule has 0 saturated carbocycles. The van der Waals surface area contributed by atoms with Crippen LogP contribution < -0.4 is 4.72 Å². The maximum absolute atomic E-state index is 13.7. The van der Waals surface area contributed by atoms with Gasteiger partial charge in [-0.05, 0) is 78.9 Å². The fourth-order valence-corrected chi connectivity index (χ4v) is 5.10. The minimum absolute atomic E-state index is 0.0293. The van der Waals surface area contributed by atoms with Crippen molar-refractivity contribution in [2.24, 2.45) is 4.99 Å². The number of carbonyl (C=O) groups is 1. The molecule has 1 saturated heterocycles. The highest BCUT2D eigenvalue weighted by Crippen LogP contribution is 2.33. The fourth-order valence-electron chi connectivity index (χ4n) is 4.19. The van der Waals surface area contributed by atoms with Crippen LogP contribution in [0.1, 0.15) is 35.3 Å². The van der Waals surface area contributed by atoms with Gasteiger partial charge in [0, 0.05) is 50.2 Å². The molecule has 8 heteroatoms. The van der Waals surface area contributed by atoms with E-state index in [9.17, 15) is 9.18 Å². The van der Waals surface area contributed by atoms with Crippen LogP contribution in [0.3, 0.4) is 0 Å². The Kier molecular flexibility index (Phi) is 9.02. The van der Waals surface area contributed by atoms with Crippen molar-refractivity contribution in [2.45, 2.75) is 31.7 Å². The zero-order valence-corrected chi connectivity index (χ0v) is 22.1. The van der Waals surface area contributed by atoms with Gasteiger partial charge in [-0.15, -0.1) is 0 Å². The first-order chi connectivity index (χ1) is 17.5. The molecule has 1 fully saturated rings. The van der Waals surface area contributed by atoms with Crippen LogP contribution in [0.15, 0.2) is 70.6 Å². The summed E-state index contributed by atoms with van der Waals surface area (Å²) in [7, 11) is 0. The summed E-state index contributed by atoms with van der Waals surface area (Å²) in [6.45, 7) is 7.45. The third kappa shape index (κ3) is 6.46. The Labute approximate surface area is 221 Å². The highest BCUT2D eigenvalue weighted by atomic mass is 35.5. The molecular formula is C28H30ClFN4OS. The number of amides is 1. The van der Waals surface area contributed by atoms with Crippen molar-refractivity contribution >= 4 is 47.0 Å². The van der Waals surface area contributed by atoms with Crippen molar-refractivity contribution in [1.29, 1.82) is 0 Å². The molecule has 188 valence electrons. The number of benzene rings is 3. The normalized spacial score (nSPS) is 14.4. The second-order valence-corrected chi connectivity index (χ2v) is 9.86. The van der Waals surface area contributed by atoms with E-state index in [-0.39, 0.29) is 10.9 Å². The van der Waals surface area contributed by atoms with E-state index in [1.807, 2.05) is 54.4 Å². The Morgan fingerprint density at radius 2 is 1.86 bits per heavy atom. The Morgan fingerprint density at radius 3 is 2.53 bits per heavy atom. The monoisotopic (exact) mass is 524 g/mol. The second-order valence-electron chi connectivity index (χ2n) is 8.60. The molecule has 3 aromatic carbocycles. The van der Waals surface area contributed by atoms with Crippen LogP contribution in [0.5, 0.6) is 0 Å². The number of nitrogens with zero attached hydrogens (tertiary/aromatic N) is 3. The molecule has 1 heterocycles. The minimum atomic E-state index is -0.399. The first kappa shape index (κ1) is 26.2. The van der Waals surface area contributed by atoms with Gasteiger partial charge in [0.25, 0.3) is 5.91 Å². The van der Waals surface area contributed by atoms with Crippen molar-refractivity contribution in [3.63, 3.8) is 0 Å². The summed E-state index contributed by atoms with van der Waals surface area (Å²) >= 11 is 7.30. The topological polar surface area (TPSA) is 47.9 Å². The lowest BCUT2D eigenvalue weighted by molar-refractivity contribution is 0.0628. The summed E-state index contributed by atoms with van der Waals surface area (Å²) in [6, 6.07) is 18.7. The standard InChI is InChI=1S/C28H30ClFN4OS/c1-3-21-6-5-7-26(27(21)31-4-2)36-32-23-11-9-22(10-12-23)28(35)34-16-14-33(15-17-34)19-20-8-13-24(29)25(30)18-20/h4-13,18,32H,3,14-17,19H2,1-2H3/b31-4-. The predicted molar refractivity (Wildman–Crippen MR) is 148 cm³/mol. The Hall–Kier alpha value is -2.87. The fraction of sp³-hybridized carbons (Fsp3) is 0.286. The third-order valence-corrected chi connectivity index (χ3v) is 7.38. The molecule has 4 rings (SSSR count). The SMILES string of the molecule is C/C=N\c1c(CC)cccc1SNc1ccc(C(=O)N2CCN(Cc3ccc(Cl)c(F)c3)CC2)cc1. The summed E-state index contributed by atoms with van der Waals surface area (Å²) in [5, 5.41) is 0.134. The smallest absolute Gasteiger partial charge is 0.253 e. The van der Waals surface area contributed by atoms with Gasteiger partial charge >= 0.3 is 0 Å². The number of hydrogen-bond acceptors (Lipinski definition) is 5. The summed E-state index contributed by atoms with van der Waals surface area (Å²) in [6.07, 6.45) is 2.74. The molecule has 5 nitrogen and oxygen atoms in total. The van der Waals surface area contributed by atoms with Crippen LogP contribution in [0.4, 0.5) is 15.8 Å². The number of piperazine rings is 1. The van der Waals surface area contributed by atoms with Gasteiger partial charge in [0.2, 0.25) is 0 Å². The van der Waals surface area contributed by atoms with Gasteiger partial charge in [-0.3, -0.25) is 14.7 Å². The predicted octanol–water partition coefficient (Wildman–Crippen LogP) is 6.84. The number of anilines is 1. The van der Waals surface area contributed by atoms with Crippen molar-refractivity contribution in [1.82, 2.24) is 9.80 Å². The average Bonchev–Trinajstić information content (AvgIpc) is 2.90. The van der Waals surface area contributed by atoms with Crippen LogP contribution in [-0.4, -0.2) is 48.1 Å². The highest BCUT2D eigenvalue weighted by molar-refractivity contribution is 8.00. The van der Waals surface area contributed by atoms with Crippen LogP contribution in [-0.2, 0) is 13.0 Å². The summed E-state index contributed by atoms with van der Waals surface area (Å²) < 4.78 is 17.1. The number of nitrogens with one attached hydrogen (secondary N) is 1. The van der Waals surface area contributed by atoms with Crippen LogP contribution in [0, 0.1) is 5.82 Å². The number of hydrogen-bond donors (Lipinski definition) is 1. The molecule has 1 aliphatic rings. The van der Waals surface area contributed by atoms with Gasteiger partial charge in [-0.2, -0.15) is 0 Å². The number of aryl methyl sites for hydroxylation is 1. The lowest BCUT2D eigenvalue weighted by Gasteiger charge is -2.34. The molecule has 0 unspecified atom stereocenters. The molecule has 1 N–H and O–H groups in total. The Morgan fingerprint density at radius 1 is 1.11 bits per heavy atom. The van der Waals surface area contributed by atoms with Crippen molar-refractivity contribution in [3.8, 4) is 0 Å². The molecule has 1 aliphatic heterocycles. The van der Waals surface area contributed by atoms with Crippen LogP contribution in [0.25, 0.3) is 0 Å². The minimum Gasteiger partial charge on any atom is -0.336 e. The number of halogens is 2. The number of carbonyl (C=O) groups excluding carboxylic acids is 1. The van der Waals surface area contributed by atoms with Crippen molar-refractivity contribution in [2.75, 3.05) is 30.9 Å². The van der Waals surface area contributed by atoms with E-state index in [1.54, 1.807) is 6.07 Å². The zero-order valence-electron chi connectivity index (χ0n) is 20.5. The number of para-hydroxylation sites is 1. The Balaban J connectivity index is 1.31. The van der Waals surface area contributed by atoms with E-state index >= 15 is 0 Å². The van der Waals surface area contributed by atoms with E-state index in [1.165, 1.54) is 23.6 Å². The average molecular weight is 525 g/mol. The first-order valence-corrected chi connectivity index (χ1v) is 13.3. The van der Waals surface area contributed by atoms with Gasteiger partial charge in [-0.25, -0.2) is 4.39 Å². The highest BCUT2D eigenvalue weighted by Gasteiger charge is 2.22. The molecular weight excluding hydrogens is 495 g/mol. The summed E-state index contributed by atoms with van der Waals surface area (Å²) in [5.41, 5.74) is 4.68. The van der Waals surface area contributed by atoms with Gasteiger partial charge in [0.05, 0.1) is 15.6 Å². The molecule has 36 heavy (non-hydrogen) atoms. The van der Waals surface area contributed by atoms with E-state index in [4.69, 9.17) is 11.6 Å². The van der Waals surface area contributed by atoms with E-state index in [0.717, 1.165) is 41.3 Å². The maximum Gasteiger partial charge on any atom is 0.253 e. The maximum atomic E-state index is 13.7. The molecule has 0 aliphatic carbocycles. The molecule has 3 aromatic rings. The van der Waals surface area contributed by atoms with E-state index < -0.39 is 5.82 Å². The summed E-state index contributed by atoms with van der Waals surface area (Å²) in [5.74, 6) is -0.370. The molecule has 1 amide bonds. The number of rotatable bonds is 8. The molecule has 0 aromatic heterocycles. The second kappa shape index (κ2) is 12.4. The van der Waals surface area contributed by atoms with Gasteiger partial charge in [0.1, 0.15) is 5.82 Å².